The maximum absolute atomic E-state index is 14.0. The van der Waals surface area contributed by atoms with Crippen LogP contribution in [0.3, 0.4) is 0 Å². The Balaban J connectivity index is 0.805. The van der Waals surface area contributed by atoms with E-state index in [9.17, 15) is 39.3 Å². The second-order valence-corrected chi connectivity index (χ2v) is 17.1. The number of benzene rings is 3. The smallest absolute Gasteiger partial charge is 0.415 e. The Kier molecular flexibility index (Phi) is 10.2. The third-order valence-electron chi connectivity index (χ3n) is 13.1. The topological polar surface area (TPSA) is 226 Å². The van der Waals surface area contributed by atoms with Crippen LogP contribution in [-0.4, -0.2) is 106 Å². The van der Waals surface area contributed by atoms with E-state index in [1.807, 2.05) is 32.9 Å². The number of aromatic amines is 1. The van der Waals surface area contributed by atoms with Gasteiger partial charge in [0, 0.05) is 61.0 Å². The number of aromatic nitrogens is 5. The number of cyclic esters (lactones) is 1. The zero-order chi connectivity index (χ0) is 45.4. The monoisotopic (exact) mass is 882 g/mol. The predicted molar refractivity (Wildman–Crippen MR) is 236 cm³/mol. The molecule has 65 heavy (non-hydrogen) atoms. The van der Waals surface area contributed by atoms with E-state index in [1.54, 1.807) is 51.9 Å². The lowest BCUT2D eigenvalue weighted by Crippen LogP contribution is -2.54. The molecule has 6 aromatic rings. The van der Waals surface area contributed by atoms with Crippen molar-refractivity contribution in [3.63, 3.8) is 0 Å². The molecule has 4 N–H and O–H groups in total. The summed E-state index contributed by atoms with van der Waals surface area (Å²) >= 11 is 0. The van der Waals surface area contributed by atoms with E-state index < -0.39 is 29.9 Å². The molecular formula is C47H46N8O10. The number of phenols is 2. The van der Waals surface area contributed by atoms with E-state index in [0.717, 1.165) is 22.2 Å². The molecule has 3 aromatic heterocycles. The number of hydrogen-bond donors (Lipinski definition) is 4. The third kappa shape index (κ3) is 6.95. The Hall–Kier alpha value is -7.47. The van der Waals surface area contributed by atoms with Crippen molar-refractivity contribution in [2.24, 2.45) is 0 Å². The van der Waals surface area contributed by atoms with Crippen LogP contribution in [0.5, 0.6) is 17.2 Å². The molecule has 0 saturated carbocycles. The van der Waals surface area contributed by atoms with E-state index in [2.05, 4.69) is 15.1 Å². The number of amides is 2. The van der Waals surface area contributed by atoms with Gasteiger partial charge in [0.1, 0.15) is 29.9 Å². The van der Waals surface area contributed by atoms with Crippen LogP contribution in [0, 0.1) is 0 Å². The molecule has 2 atom stereocenters. The zero-order valence-electron chi connectivity index (χ0n) is 35.9. The Labute approximate surface area is 370 Å². The highest BCUT2D eigenvalue weighted by Crippen LogP contribution is 2.40. The van der Waals surface area contributed by atoms with Crippen molar-refractivity contribution in [3.8, 4) is 45.7 Å². The first-order chi connectivity index (χ1) is 31.3. The van der Waals surface area contributed by atoms with Crippen molar-refractivity contribution in [2.45, 2.75) is 71.2 Å². The fourth-order valence-corrected chi connectivity index (χ4v) is 9.72. The van der Waals surface area contributed by atoms with Gasteiger partial charge in [-0.2, -0.15) is 5.10 Å². The minimum Gasteiger partial charge on any atom is -0.508 e. The Morgan fingerprint density at radius 3 is 2.42 bits per heavy atom. The fraction of sp³-hybridized carbons (Fsp3) is 0.340. The van der Waals surface area contributed by atoms with Crippen LogP contribution >= 0.6 is 0 Å². The molecule has 0 radical (unpaired) electrons. The van der Waals surface area contributed by atoms with Crippen LogP contribution in [0.15, 0.2) is 70.3 Å². The van der Waals surface area contributed by atoms with Gasteiger partial charge in [-0.25, -0.2) is 29.0 Å². The lowest BCUT2D eigenvalue weighted by molar-refractivity contribution is -0.157. The van der Waals surface area contributed by atoms with Crippen molar-refractivity contribution in [3.05, 3.63) is 109 Å². The molecule has 10 rings (SSSR count). The SMILES string of the molecule is CCc1c2c(nc3ccc(OC(=O)N4CCCC4C(=O)N4CCN(c5ccc(-n6c(-c7cc(C(C)C)c(O)cc7O)n[nH]c6=O)cc5)CC4)cc13)-c1cc3c(c(=O)n1C2)COC(=O)C3O. The Morgan fingerprint density at radius 2 is 1.68 bits per heavy atom. The standard InChI is InChI=1S/C47H46N8O10/c1-4-28-30-18-27(11-12-35(30)48-40-33(28)22-54-37(40)20-31-34(43(54)59)23-64-45(61)41(31)58)65-47(63)53-13-5-6-36(53)44(60)52-16-14-51(15-17-52)25-7-9-26(10-8-25)55-42(49-50-46(55)62)32-19-29(24(2)3)38(56)21-39(32)57/h7-12,18-21,24,36,41,56-58H,4-6,13-17,22-23H2,1-3H3,(H,50,62). The van der Waals surface area contributed by atoms with E-state index in [4.69, 9.17) is 14.5 Å². The molecule has 3 aromatic carbocycles. The largest absolute Gasteiger partial charge is 0.508 e. The molecule has 2 unspecified atom stereocenters. The van der Waals surface area contributed by atoms with Gasteiger partial charge in [0.15, 0.2) is 11.9 Å². The van der Waals surface area contributed by atoms with Crippen LogP contribution in [0.2, 0.25) is 0 Å². The van der Waals surface area contributed by atoms with Crippen molar-refractivity contribution in [1.29, 1.82) is 0 Å². The van der Waals surface area contributed by atoms with Crippen molar-refractivity contribution >= 4 is 34.6 Å². The van der Waals surface area contributed by atoms with Crippen molar-refractivity contribution in [2.75, 3.05) is 37.6 Å². The summed E-state index contributed by atoms with van der Waals surface area (Å²) in [5, 5.41) is 39.0. The van der Waals surface area contributed by atoms with E-state index >= 15 is 0 Å². The fourth-order valence-electron chi connectivity index (χ4n) is 9.72. The molecule has 2 fully saturated rings. The van der Waals surface area contributed by atoms with Gasteiger partial charge in [0.25, 0.3) is 5.56 Å². The predicted octanol–water partition coefficient (Wildman–Crippen LogP) is 4.47. The molecule has 0 spiro atoms. The number of aliphatic hydroxyl groups excluding tert-OH is 1. The number of anilines is 1. The molecule has 4 aliphatic heterocycles. The van der Waals surface area contributed by atoms with E-state index in [-0.39, 0.29) is 59.0 Å². The zero-order valence-corrected chi connectivity index (χ0v) is 35.9. The van der Waals surface area contributed by atoms with Gasteiger partial charge in [-0.15, -0.1) is 0 Å². The maximum Gasteiger partial charge on any atom is 0.415 e. The number of ether oxygens (including phenoxy) is 2. The third-order valence-corrected chi connectivity index (χ3v) is 13.1. The summed E-state index contributed by atoms with van der Waals surface area (Å²) in [7, 11) is 0. The normalized spacial score (nSPS) is 17.9. The summed E-state index contributed by atoms with van der Waals surface area (Å²) in [5.74, 6) is -0.721. The number of pyridine rings is 2. The number of phenolic OH excluding ortho intramolecular Hbond substituents is 2. The Bertz CT molecular complexity index is 3070. The van der Waals surface area contributed by atoms with E-state index in [0.29, 0.717) is 91.5 Å². The summed E-state index contributed by atoms with van der Waals surface area (Å²) in [6.45, 7) is 8.22. The highest BCUT2D eigenvalue weighted by Gasteiger charge is 2.39. The van der Waals surface area contributed by atoms with Crippen molar-refractivity contribution in [1.82, 2.24) is 34.1 Å². The molecule has 2 saturated heterocycles. The molecule has 334 valence electrons. The molecule has 4 aliphatic rings. The number of likely N-dealkylation sites (tertiary alicyclic amines) is 1. The molecule has 0 aliphatic carbocycles. The molecule has 7 heterocycles. The molecule has 18 nitrogen and oxygen atoms in total. The first-order valence-electron chi connectivity index (χ1n) is 21.7. The summed E-state index contributed by atoms with van der Waals surface area (Å²) < 4.78 is 13.9. The van der Waals surface area contributed by atoms with Crippen LogP contribution in [0.25, 0.3) is 39.4 Å². The minimum atomic E-state index is -1.55. The van der Waals surface area contributed by atoms with E-state index in [1.165, 1.54) is 15.5 Å². The molecule has 18 heteroatoms. The van der Waals surface area contributed by atoms with Gasteiger partial charge in [-0.3, -0.25) is 14.5 Å². The quantitative estimate of drug-likeness (QED) is 0.163. The number of fused-ring (bicyclic) bond motifs is 5. The number of hydrogen-bond acceptors (Lipinski definition) is 13. The number of rotatable bonds is 7. The molecular weight excluding hydrogens is 837 g/mol. The first-order valence-corrected chi connectivity index (χ1v) is 21.7. The highest BCUT2D eigenvalue weighted by atomic mass is 16.6. The number of aryl methyl sites for hydroxylation is 1. The van der Waals surface area contributed by atoms with Gasteiger partial charge in [0.05, 0.1) is 40.3 Å². The first kappa shape index (κ1) is 41.5. The number of nitrogens with zero attached hydrogens (tertiary/aromatic N) is 7. The molecule has 2 amide bonds. The number of piperazine rings is 1. The lowest BCUT2D eigenvalue weighted by Gasteiger charge is -2.38. The highest BCUT2D eigenvalue weighted by molar-refractivity contribution is 5.91. The van der Waals surface area contributed by atoms with Crippen LogP contribution in [0.4, 0.5) is 10.5 Å². The number of aromatic hydroxyl groups is 2. The van der Waals surface area contributed by atoms with Crippen LogP contribution < -0.4 is 20.9 Å². The molecule has 0 bridgehead atoms. The lowest BCUT2D eigenvalue weighted by atomic mass is 9.97. The number of H-pyrrole nitrogens is 1. The van der Waals surface area contributed by atoms with Gasteiger partial charge in [-0.1, -0.05) is 20.8 Å². The second kappa shape index (κ2) is 16.0. The van der Waals surface area contributed by atoms with Crippen LogP contribution in [-0.2, 0) is 33.9 Å². The van der Waals surface area contributed by atoms with Gasteiger partial charge >= 0.3 is 17.8 Å². The summed E-state index contributed by atoms with van der Waals surface area (Å²) in [4.78, 5) is 76.7. The Morgan fingerprint density at radius 1 is 0.923 bits per heavy atom. The average Bonchev–Trinajstić information content (AvgIpc) is 4.04. The number of nitrogens with one attached hydrogen (secondary N) is 1. The van der Waals surface area contributed by atoms with Crippen molar-refractivity contribution < 1.29 is 39.2 Å². The minimum absolute atomic E-state index is 0.0376. The van der Waals surface area contributed by atoms with Gasteiger partial charge < -0.3 is 39.2 Å². The second-order valence-electron chi connectivity index (χ2n) is 17.1. The van der Waals surface area contributed by atoms with Gasteiger partial charge in [0.2, 0.25) is 5.91 Å². The summed E-state index contributed by atoms with van der Waals surface area (Å²) in [6.07, 6.45) is -0.411. The average molecular weight is 883 g/mol. The number of carbonyl (C=O) groups excluding carboxylic acids is 3. The number of aliphatic hydroxyl groups is 1. The maximum atomic E-state index is 14.0. The number of carbonyl (C=O) groups is 3. The van der Waals surface area contributed by atoms with Gasteiger partial charge in [-0.05, 0) is 90.9 Å². The summed E-state index contributed by atoms with van der Waals surface area (Å²) in [5.41, 5.74) is 5.46. The van der Waals surface area contributed by atoms with Crippen LogP contribution in [0.1, 0.15) is 73.5 Å². The summed E-state index contributed by atoms with van der Waals surface area (Å²) in [6, 6.07) is 16.4. The number of esters is 1.